The zero-order valence-corrected chi connectivity index (χ0v) is 16.2. The maximum atomic E-state index is 12.0. The molecule has 0 heterocycles. The number of carboxylic acid groups (broad SMARTS) is 1. The van der Waals surface area contributed by atoms with Crippen molar-refractivity contribution in [2.24, 2.45) is 0 Å². The summed E-state index contributed by atoms with van der Waals surface area (Å²) in [7, 11) is 0. The van der Waals surface area contributed by atoms with E-state index >= 15 is 0 Å². The molecule has 0 saturated carbocycles. The SMILES string of the molecule is CCCCOC(C)(OCCCC)OC(=O)CCCCCCCC(=O)O. The zero-order valence-electron chi connectivity index (χ0n) is 16.2. The van der Waals surface area contributed by atoms with Crippen LogP contribution in [0.25, 0.3) is 0 Å². The standard InChI is InChI=1S/C19H36O6/c1-4-6-15-23-19(3,24-16-7-5-2)25-18(22)14-12-10-8-9-11-13-17(20)21/h4-16H2,1-3H3,(H,20,21). The largest absolute Gasteiger partial charge is 0.481 e. The molecule has 1 N–H and O–H groups in total. The summed E-state index contributed by atoms with van der Waals surface area (Å²) in [6.45, 7) is 6.79. The number of carboxylic acids is 1. The number of rotatable bonds is 17. The van der Waals surface area contributed by atoms with Gasteiger partial charge in [0.05, 0.1) is 13.2 Å². The van der Waals surface area contributed by atoms with E-state index in [1.807, 2.05) is 0 Å². The van der Waals surface area contributed by atoms with Crippen LogP contribution in [0.5, 0.6) is 0 Å². The Bertz CT molecular complexity index is 346. The van der Waals surface area contributed by atoms with Gasteiger partial charge in [0.1, 0.15) is 0 Å². The molecule has 0 saturated heterocycles. The highest BCUT2D eigenvalue weighted by molar-refractivity contribution is 5.69. The number of unbranched alkanes of at least 4 members (excludes halogenated alkanes) is 6. The van der Waals surface area contributed by atoms with Crippen molar-refractivity contribution in [1.82, 2.24) is 0 Å². The molecular weight excluding hydrogens is 324 g/mol. The van der Waals surface area contributed by atoms with E-state index in [0.717, 1.165) is 51.4 Å². The summed E-state index contributed by atoms with van der Waals surface area (Å²) in [5.74, 6) is -2.38. The molecule has 6 heteroatoms. The number of esters is 1. The van der Waals surface area contributed by atoms with Crippen LogP contribution >= 0.6 is 0 Å². The number of hydrogen-bond acceptors (Lipinski definition) is 5. The third kappa shape index (κ3) is 14.9. The minimum atomic E-state index is -1.30. The first-order chi connectivity index (χ1) is 11.9. The average Bonchev–Trinajstić information content (AvgIpc) is 2.54. The molecule has 148 valence electrons. The van der Waals surface area contributed by atoms with E-state index in [2.05, 4.69) is 13.8 Å². The predicted molar refractivity (Wildman–Crippen MR) is 96.2 cm³/mol. The summed E-state index contributed by atoms with van der Waals surface area (Å²) in [4.78, 5) is 22.5. The lowest BCUT2D eigenvalue weighted by molar-refractivity contribution is -0.352. The Morgan fingerprint density at radius 1 is 0.800 bits per heavy atom. The van der Waals surface area contributed by atoms with Crippen molar-refractivity contribution in [2.45, 2.75) is 97.4 Å². The topological polar surface area (TPSA) is 82.1 Å². The van der Waals surface area contributed by atoms with Gasteiger partial charge in [0.2, 0.25) is 0 Å². The second kappa shape index (κ2) is 15.1. The third-order valence-electron chi connectivity index (χ3n) is 3.80. The van der Waals surface area contributed by atoms with Crippen molar-refractivity contribution in [1.29, 1.82) is 0 Å². The van der Waals surface area contributed by atoms with Gasteiger partial charge in [-0.3, -0.25) is 9.59 Å². The lowest BCUT2D eigenvalue weighted by atomic mass is 10.1. The molecule has 0 aromatic rings. The Kier molecular flexibility index (Phi) is 14.5. The van der Waals surface area contributed by atoms with Gasteiger partial charge in [-0.1, -0.05) is 46.0 Å². The molecular formula is C19H36O6. The molecule has 0 fully saturated rings. The summed E-state index contributed by atoms with van der Waals surface area (Å²) in [5.41, 5.74) is 0. The van der Waals surface area contributed by atoms with E-state index in [1.165, 1.54) is 0 Å². The summed E-state index contributed by atoms with van der Waals surface area (Å²) in [6, 6.07) is 0. The fourth-order valence-electron chi connectivity index (χ4n) is 2.24. The van der Waals surface area contributed by atoms with E-state index in [-0.39, 0.29) is 12.4 Å². The van der Waals surface area contributed by atoms with E-state index in [1.54, 1.807) is 6.92 Å². The molecule has 0 aromatic heterocycles. The highest BCUT2D eigenvalue weighted by Gasteiger charge is 2.30. The highest BCUT2D eigenvalue weighted by atomic mass is 16.9. The Morgan fingerprint density at radius 3 is 1.76 bits per heavy atom. The maximum absolute atomic E-state index is 12.0. The van der Waals surface area contributed by atoms with Gasteiger partial charge in [-0.2, -0.15) is 0 Å². The molecule has 0 unspecified atom stereocenters. The van der Waals surface area contributed by atoms with Crippen LogP contribution in [-0.2, 0) is 23.8 Å². The van der Waals surface area contributed by atoms with Crippen molar-refractivity contribution in [2.75, 3.05) is 13.2 Å². The fourth-order valence-corrected chi connectivity index (χ4v) is 2.24. The molecule has 0 spiro atoms. The second-order valence-electron chi connectivity index (χ2n) is 6.40. The van der Waals surface area contributed by atoms with Crippen LogP contribution in [0.1, 0.15) is 91.4 Å². The van der Waals surface area contributed by atoms with E-state index in [0.29, 0.717) is 26.1 Å². The number of hydrogen-bond donors (Lipinski definition) is 1. The van der Waals surface area contributed by atoms with Crippen molar-refractivity contribution in [3.8, 4) is 0 Å². The van der Waals surface area contributed by atoms with E-state index in [9.17, 15) is 9.59 Å². The summed E-state index contributed by atoms with van der Waals surface area (Å²) in [5, 5.41) is 8.57. The van der Waals surface area contributed by atoms with Crippen LogP contribution in [0.15, 0.2) is 0 Å². The van der Waals surface area contributed by atoms with Gasteiger partial charge >= 0.3 is 17.9 Å². The van der Waals surface area contributed by atoms with Gasteiger partial charge in [-0.15, -0.1) is 0 Å². The van der Waals surface area contributed by atoms with Gasteiger partial charge in [0.15, 0.2) is 0 Å². The Morgan fingerprint density at radius 2 is 1.28 bits per heavy atom. The first-order valence-electron chi connectivity index (χ1n) is 9.65. The quantitative estimate of drug-likeness (QED) is 0.231. The van der Waals surface area contributed by atoms with Crippen molar-refractivity contribution < 1.29 is 28.9 Å². The molecule has 0 bridgehead atoms. The molecule has 0 rings (SSSR count). The number of carbonyl (C=O) groups excluding carboxylic acids is 1. The normalized spacial score (nSPS) is 11.5. The van der Waals surface area contributed by atoms with E-state index < -0.39 is 11.9 Å². The molecule has 0 radical (unpaired) electrons. The van der Waals surface area contributed by atoms with Crippen LogP contribution in [0.2, 0.25) is 0 Å². The van der Waals surface area contributed by atoms with Crippen LogP contribution in [0.3, 0.4) is 0 Å². The van der Waals surface area contributed by atoms with Gasteiger partial charge < -0.3 is 19.3 Å². The average molecular weight is 360 g/mol. The van der Waals surface area contributed by atoms with Gasteiger partial charge in [-0.05, 0) is 25.7 Å². The minimum absolute atomic E-state index is 0.213. The van der Waals surface area contributed by atoms with Gasteiger partial charge in [0.25, 0.3) is 0 Å². The number of ether oxygens (including phenoxy) is 3. The summed E-state index contributed by atoms with van der Waals surface area (Å²) in [6.07, 6.45) is 8.42. The third-order valence-corrected chi connectivity index (χ3v) is 3.80. The summed E-state index contributed by atoms with van der Waals surface area (Å²) < 4.78 is 16.7. The van der Waals surface area contributed by atoms with Crippen LogP contribution in [0, 0.1) is 0 Å². The Balaban J connectivity index is 4.03. The lowest BCUT2D eigenvalue weighted by Crippen LogP contribution is -2.38. The highest BCUT2D eigenvalue weighted by Crippen LogP contribution is 2.18. The van der Waals surface area contributed by atoms with E-state index in [4.69, 9.17) is 19.3 Å². The molecule has 0 aliphatic heterocycles. The molecule has 0 aliphatic rings. The first-order valence-corrected chi connectivity index (χ1v) is 9.65. The van der Waals surface area contributed by atoms with Crippen LogP contribution in [0.4, 0.5) is 0 Å². The molecule has 6 nitrogen and oxygen atoms in total. The monoisotopic (exact) mass is 360 g/mol. The van der Waals surface area contributed by atoms with Crippen molar-refractivity contribution >= 4 is 11.9 Å². The fraction of sp³-hybridized carbons (Fsp3) is 0.895. The summed E-state index contributed by atoms with van der Waals surface area (Å²) >= 11 is 0. The number of carbonyl (C=O) groups is 2. The predicted octanol–water partition coefficient (Wildman–Crippen LogP) is 4.65. The molecule has 0 atom stereocenters. The first kappa shape index (κ1) is 23.9. The zero-order chi connectivity index (χ0) is 19.0. The Labute approximate surface area is 152 Å². The number of aliphatic carboxylic acids is 1. The smallest absolute Gasteiger partial charge is 0.326 e. The van der Waals surface area contributed by atoms with Crippen LogP contribution in [-0.4, -0.2) is 36.2 Å². The van der Waals surface area contributed by atoms with Gasteiger partial charge in [-0.25, -0.2) is 0 Å². The van der Waals surface area contributed by atoms with Crippen LogP contribution < -0.4 is 0 Å². The molecule has 0 aliphatic carbocycles. The maximum Gasteiger partial charge on any atom is 0.326 e. The molecule has 0 amide bonds. The lowest BCUT2D eigenvalue weighted by Gasteiger charge is -2.29. The second-order valence-corrected chi connectivity index (χ2v) is 6.40. The molecule has 0 aromatic carbocycles. The van der Waals surface area contributed by atoms with Crippen molar-refractivity contribution in [3.05, 3.63) is 0 Å². The van der Waals surface area contributed by atoms with Gasteiger partial charge in [0, 0.05) is 19.8 Å². The van der Waals surface area contributed by atoms with Crippen molar-refractivity contribution in [3.63, 3.8) is 0 Å². The molecule has 25 heavy (non-hydrogen) atoms. The Hall–Kier alpha value is -1.14. The minimum Gasteiger partial charge on any atom is -0.481 e.